The number of amides is 1. The van der Waals surface area contributed by atoms with Gasteiger partial charge in [-0.15, -0.1) is 0 Å². The summed E-state index contributed by atoms with van der Waals surface area (Å²) in [5.74, 6) is 0. The summed E-state index contributed by atoms with van der Waals surface area (Å²) in [5, 5.41) is 10.5. The number of nitrogens with one attached hydrogen (secondary N) is 1. The molecule has 4 nitrogen and oxygen atoms in total. The predicted octanol–water partition coefficient (Wildman–Crippen LogP) is 2.28. The minimum atomic E-state index is -0.250. The number of carboxylic acid groups (broad SMARTS) is 1. The summed E-state index contributed by atoms with van der Waals surface area (Å²) < 4.78 is 0. The fourth-order valence-corrected chi connectivity index (χ4v) is 1.49. The topological polar surface area (TPSA) is 66.4 Å². The second-order valence-corrected chi connectivity index (χ2v) is 4.02. The molecule has 0 unspecified atom stereocenters. The van der Waals surface area contributed by atoms with Crippen LogP contribution in [-0.2, 0) is 16.0 Å². The molecule has 18 heavy (non-hydrogen) atoms. The van der Waals surface area contributed by atoms with Gasteiger partial charge in [-0.25, -0.2) is 0 Å². The van der Waals surface area contributed by atoms with Crippen LogP contribution < -0.4 is 5.32 Å². The number of carbonyl (C=O) groups excluding carboxylic acids is 1. The Bertz CT molecular complexity index is 377. The maximum atomic E-state index is 10.0. The average molecular weight is 534 g/mol. The number of hydrogen-bond donors (Lipinski definition) is 2. The quantitative estimate of drug-likeness (QED) is 0.354. The summed E-state index contributed by atoms with van der Waals surface area (Å²) in [4.78, 5) is 18.4. The van der Waals surface area contributed by atoms with Crippen molar-refractivity contribution in [2.75, 3.05) is 0 Å². The molecule has 0 saturated heterocycles. The van der Waals surface area contributed by atoms with Crippen molar-refractivity contribution in [3.8, 4) is 0 Å². The fraction of sp³-hybridized carbons (Fsp3) is 0.273. The molecule has 0 saturated carbocycles. The van der Waals surface area contributed by atoms with E-state index in [1.54, 1.807) is 18.5 Å². The van der Waals surface area contributed by atoms with Crippen LogP contribution in [0.4, 0.5) is 0 Å². The number of hydrogen-bond acceptors (Lipinski definition) is 2. The Balaban J connectivity index is 0. The molecule has 0 heterocycles. The van der Waals surface area contributed by atoms with Gasteiger partial charge in [0.05, 0.1) is 10.0 Å². The van der Waals surface area contributed by atoms with Crippen LogP contribution >= 0.6 is 23.2 Å². The average Bonchev–Trinajstić information content (AvgIpc) is 2.25. The Morgan fingerprint density at radius 1 is 1.44 bits per heavy atom. The van der Waals surface area contributed by atoms with Crippen LogP contribution in [0.15, 0.2) is 18.2 Å². The van der Waals surface area contributed by atoms with Gasteiger partial charge in [-0.05, 0) is 37.1 Å². The molecular weight excluding hydrogens is 522 g/mol. The van der Waals surface area contributed by atoms with Crippen LogP contribution in [-0.4, -0.2) is 24.0 Å². The van der Waals surface area contributed by atoms with Gasteiger partial charge in [0.1, 0.15) is 0 Å². The first-order valence-electron chi connectivity index (χ1n) is 4.69. The standard InChI is InChI=1S/C10H10Cl2NO.CH2O2.Fm/c1-7(13-6-14)4-8-2-3-9(11)10(12)5-8;2-1-3;/h2-3,5,7H,4H2,1H3,(H,13,14);1H,(H,2,3);/q-1;;/t7-;;/m1../s1. The third-order valence-corrected chi connectivity index (χ3v) is 2.57. The summed E-state index contributed by atoms with van der Waals surface area (Å²) >= 11 is 11.6. The third kappa shape index (κ3) is 7.09. The van der Waals surface area contributed by atoms with Gasteiger partial charge in [-0.1, -0.05) is 29.3 Å². The van der Waals surface area contributed by atoms with E-state index in [-0.39, 0.29) is 12.5 Å². The van der Waals surface area contributed by atoms with Gasteiger partial charge in [0.2, 0.25) is 0 Å². The summed E-state index contributed by atoms with van der Waals surface area (Å²) in [6.45, 7) is 1.65. The summed E-state index contributed by atoms with van der Waals surface area (Å²) in [6.07, 6.45) is 2.37. The van der Waals surface area contributed by atoms with Crippen LogP contribution in [0, 0.1) is 0 Å². The molecule has 0 spiro atoms. The van der Waals surface area contributed by atoms with Gasteiger partial charge in [-0.3, -0.25) is 4.79 Å². The zero-order chi connectivity index (χ0) is 13.3. The van der Waals surface area contributed by atoms with Crippen LogP contribution in [0.3, 0.4) is 0 Å². The summed E-state index contributed by atoms with van der Waals surface area (Å²) in [6, 6.07) is 5.48. The zero-order valence-corrected chi connectivity index (χ0v) is 13.3. The van der Waals surface area contributed by atoms with Gasteiger partial charge in [-0.2, -0.15) is 6.41 Å². The number of halogens is 2. The number of carbonyl (C=O) groups is 1. The maximum absolute atomic E-state index is 10.0. The predicted molar refractivity (Wildman–Crippen MR) is 67.2 cm³/mol. The normalized spacial score (nSPS) is 10.2. The molecule has 0 aliphatic heterocycles. The third-order valence-electron chi connectivity index (χ3n) is 1.83. The molecule has 0 fully saturated rings. The second-order valence-electron chi connectivity index (χ2n) is 3.21. The molecular formula is C11H12Cl2FmNO3-. The minimum Gasteiger partial charge on any atom is -0.527 e. The van der Waals surface area contributed by atoms with Crippen molar-refractivity contribution in [1.29, 1.82) is 0 Å². The molecule has 0 radical (unpaired) electrons. The molecule has 0 aliphatic rings. The minimum absolute atomic E-state index is 0. The zero-order valence-electron chi connectivity index (χ0n) is 9.40. The molecule has 0 bridgehead atoms. The van der Waals surface area contributed by atoms with E-state index in [9.17, 15) is 4.79 Å². The van der Waals surface area contributed by atoms with Gasteiger partial charge in [0.15, 0.2) is 0 Å². The maximum Gasteiger partial charge on any atom is 0.290 e. The Labute approximate surface area is 110 Å². The van der Waals surface area contributed by atoms with E-state index >= 15 is 0 Å². The fourth-order valence-electron chi connectivity index (χ4n) is 1.17. The molecule has 1 aromatic rings. The Kier molecular flexibility index (Phi) is 9.99. The van der Waals surface area contributed by atoms with Crippen molar-refractivity contribution in [2.45, 2.75) is 19.4 Å². The molecule has 1 rings (SSSR count). The molecule has 1 atom stereocenters. The molecule has 106 valence electrons. The number of rotatable bonds is 4. The molecule has 2 N–H and O–H groups in total. The van der Waals surface area contributed by atoms with E-state index in [2.05, 4.69) is 5.32 Å². The van der Waals surface area contributed by atoms with Crippen molar-refractivity contribution in [3.63, 3.8) is 0 Å². The van der Waals surface area contributed by atoms with Crippen molar-refractivity contribution in [2.24, 2.45) is 0 Å². The molecule has 7 heteroatoms. The van der Waals surface area contributed by atoms with Crippen molar-refractivity contribution >= 4 is 36.1 Å². The van der Waals surface area contributed by atoms with E-state index in [0.29, 0.717) is 16.5 Å². The van der Waals surface area contributed by atoms with Gasteiger partial charge in [0, 0.05) is 0 Å². The van der Waals surface area contributed by atoms with E-state index in [0.717, 1.165) is 5.56 Å². The van der Waals surface area contributed by atoms with E-state index < -0.39 is 0 Å². The van der Waals surface area contributed by atoms with Crippen LogP contribution in [0.25, 0.3) is 0 Å². The van der Waals surface area contributed by atoms with E-state index in [1.807, 2.05) is 13.0 Å². The van der Waals surface area contributed by atoms with Gasteiger partial charge >= 0.3 is 0 Å². The van der Waals surface area contributed by atoms with Gasteiger partial charge < -0.3 is 15.2 Å². The molecule has 0 aromatic heterocycles. The molecule has 1 aromatic carbocycles. The Hall–Kier alpha value is -2.26. The Morgan fingerprint density at radius 2 is 2.00 bits per heavy atom. The first-order chi connectivity index (χ1) is 8.04. The SMILES string of the molecule is C[C@H](Cc1ccc(Cl)c(Cl)c1)N[C-]=O.O=CO.[Fm]. The Morgan fingerprint density at radius 3 is 2.44 bits per heavy atom. The first kappa shape index (κ1) is 18.1. The summed E-state index contributed by atoms with van der Waals surface area (Å²) in [5.41, 5.74) is 1.04. The second kappa shape index (κ2) is 9.93. The monoisotopic (exact) mass is 533 g/mol. The van der Waals surface area contributed by atoms with Crippen LogP contribution in [0.1, 0.15) is 12.5 Å². The van der Waals surface area contributed by atoms with Crippen LogP contribution in [0.2, 0.25) is 10.0 Å². The molecule has 1 amide bonds. The molecule has 0 aliphatic carbocycles. The smallest absolute Gasteiger partial charge is 0.290 e. The summed E-state index contributed by atoms with van der Waals surface area (Å²) in [7, 11) is 0. The number of benzene rings is 1. The van der Waals surface area contributed by atoms with Crippen molar-refractivity contribution < 1.29 is 14.7 Å². The van der Waals surface area contributed by atoms with Crippen molar-refractivity contribution in [3.05, 3.63) is 33.8 Å². The first-order valence-corrected chi connectivity index (χ1v) is 5.45. The van der Waals surface area contributed by atoms with Crippen LogP contribution in [0.5, 0.6) is 0 Å². The van der Waals surface area contributed by atoms with E-state index in [1.165, 1.54) is 0 Å². The van der Waals surface area contributed by atoms with E-state index in [4.69, 9.17) is 33.1 Å². The largest absolute Gasteiger partial charge is 0.527 e. The van der Waals surface area contributed by atoms with Gasteiger partial charge in [0.25, 0.3) is 6.47 Å². The van der Waals surface area contributed by atoms with Crippen molar-refractivity contribution in [1.82, 2.24) is 5.32 Å².